The molecule has 0 unspecified atom stereocenters. The van der Waals surface area contributed by atoms with Gasteiger partial charge in [0.15, 0.2) is 0 Å². The summed E-state index contributed by atoms with van der Waals surface area (Å²) in [6, 6.07) is 13.4. The number of nitrogens with zero attached hydrogens (tertiary/aromatic N) is 3. The highest BCUT2D eigenvalue weighted by molar-refractivity contribution is 6.31. The molecule has 4 rings (SSSR count). The molecule has 5 heteroatoms. The van der Waals surface area contributed by atoms with Gasteiger partial charge in [-0.1, -0.05) is 29.8 Å². The average molecular weight is 298 g/mol. The first kappa shape index (κ1) is 12.4. The summed E-state index contributed by atoms with van der Waals surface area (Å²) in [6.45, 7) is 0.570. The molecule has 0 saturated carbocycles. The molecule has 0 fully saturated rings. The maximum atomic E-state index is 12.7. The summed E-state index contributed by atoms with van der Waals surface area (Å²) in [5.74, 6) is -0.0454. The van der Waals surface area contributed by atoms with Crippen molar-refractivity contribution >= 4 is 28.4 Å². The number of carbonyl (C=O) groups is 1. The zero-order chi connectivity index (χ0) is 14.6. The van der Waals surface area contributed by atoms with Gasteiger partial charge in [0.05, 0.1) is 11.2 Å². The molecular weight excluding hydrogens is 286 g/mol. The zero-order valence-corrected chi connectivity index (χ0v) is 12.1. The predicted molar refractivity (Wildman–Crippen MR) is 81.9 cm³/mol. The molecule has 0 saturated heterocycles. The van der Waals surface area contributed by atoms with Crippen LogP contribution in [0.25, 0.3) is 16.6 Å². The second-order valence-electron chi connectivity index (χ2n) is 5.21. The Morgan fingerprint density at radius 3 is 2.86 bits per heavy atom. The normalized spacial score (nSPS) is 14.0. The Morgan fingerprint density at radius 1 is 1.19 bits per heavy atom. The summed E-state index contributed by atoms with van der Waals surface area (Å²) in [5.41, 5.74) is 3.36. The number of para-hydroxylation sites is 1. The van der Waals surface area contributed by atoms with Crippen molar-refractivity contribution in [1.29, 1.82) is 0 Å². The number of rotatable bonds is 0. The monoisotopic (exact) mass is 297 g/mol. The summed E-state index contributed by atoms with van der Waals surface area (Å²) in [5, 5.41) is 5.98. The molecule has 3 aromatic rings. The van der Waals surface area contributed by atoms with Crippen molar-refractivity contribution in [3.8, 4) is 5.69 Å². The molecule has 2 aromatic carbocycles. The number of carbonyl (C=O) groups excluding carboxylic acids is 1. The van der Waals surface area contributed by atoms with Crippen molar-refractivity contribution < 1.29 is 4.79 Å². The highest BCUT2D eigenvalue weighted by Crippen LogP contribution is 2.30. The van der Waals surface area contributed by atoms with Gasteiger partial charge in [-0.25, -0.2) is 4.68 Å². The molecule has 0 atom stereocenters. The molecule has 21 heavy (non-hydrogen) atoms. The topological polar surface area (TPSA) is 38.1 Å². The largest absolute Gasteiger partial charge is 0.336 e. The Hall–Kier alpha value is -2.33. The third-order valence-electron chi connectivity index (χ3n) is 3.81. The van der Waals surface area contributed by atoms with E-state index in [1.54, 1.807) is 28.8 Å². The van der Waals surface area contributed by atoms with Crippen molar-refractivity contribution in [1.82, 2.24) is 14.7 Å². The zero-order valence-electron chi connectivity index (χ0n) is 11.4. The van der Waals surface area contributed by atoms with Crippen LogP contribution < -0.4 is 0 Å². The van der Waals surface area contributed by atoms with Gasteiger partial charge in [-0.3, -0.25) is 4.79 Å². The molecule has 0 spiro atoms. The van der Waals surface area contributed by atoms with Crippen LogP contribution in [0.4, 0.5) is 0 Å². The standard InChI is InChI=1S/C16H12ClN3O/c1-19-9-10-4-2-3-5-14(10)20-15(16(19)21)12-8-11(17)6-7-13(12)18-20/h2-8H,9H2,1H3. The van der Waals surface area contributed by atoms with Crippen LogP contribution in [0.5, 0.6) is 0 Å². The van der Waals surface area contributed by atoms with E-state index >= 15 is 0 Å². The first-order valence-corrected chi connectivity index (χ1v) is 7.05. The van der Waals surface area contributed by atoms with Gasteiger partial charge in [-0.15, -0.1) is 0 Å². The number of hydrogen-bond donors (Lipinski definition) is 0. The van der Waals surface area contributed by atoms with E-state index in [0.717, 1.165) is 22.2 Å². The minimum atomic E-state index is -0.0454. The van der Waals surface area contributed by atoms with Crippen LogP contribution in [0.3, 0.4) is 0 Å². The number of halogens is 1. The van der Waals surface area contributed by atoms with E-state index in [9.17, 15) is 4.79 Å². The van der Waals surface area contributed by atoms with Gasteiger partial charge in [-0.2, -0.15) is 5.10 Å². The second-order valence-corrected chi connectivity index (χ2v) is 5.65. The number of fused-ring (bicyclic) bond motifs is 5. The minimum Gasteiger partial charge on any atom is -0.336 e. The molecule has 1 aromatic heterocycles. The molecular formula is C16H12ClN3O. The lowest BCUT2D eigenvalue weighted by molar-refractivity contribution is 0.0783. The lowest BCUT2D eigenvalue weighted by Crippen LogP contribution is -2.25. The van der Waals surface area contributed by atoms with E-state index in [2.05, 4.69) is 5.10 Å². The van der Waals surface area contributed by atoms with Gasteiger partial charge in [0.1, 0.15) is 5.69 Å². The molecule has 2 heterocycles. The van der Waals surface area contributed by atoms with Crippen LogP contribution in [0.1, 0.15) is 16.1 Å². The summed E-state index contributed by atoms with van der Waals surface area (Å²) in [4.78, 5) is 14.4. The predicted octanol–water partition coefficient (Wildman–Crippen LogP) is 3.26. The van der Waals surface area contributed by atoms with E-state index in [1.165, 1.54) is 0 Å². The highest BCUT2D eigenvalue weighted by Gasteiger charge is 2.27. The fourth-order valence-electron chi connectivity index (χ4n) is 2.80. The molecule has 1 aliphatic heterocycles. The van der Waals surface area contributed by atoms with Crippen LogP contribution in [0.2, 0.25) is 5.02 Å². The third kappa shape index (κ3) is 1.76. The van der Waals surface area contributed by atoms with Gasteiger partial charge in [0.2, 0.25) is 0 Å². The molecule has 0 aliphatic carbocycles. The molecule has 4 nitrogen and oxygen atoms in total. The summed E-state index contributed by atoms with van der Waals surface area (Å²) < 4.78 is 1.74. The number of hydrogen-bond acceptors (Lipinski definition) is 2. The summed E-state index contributed by atoms with van der Waals surface area (Å²) in [7, 11) is 1.80. The minimum absolute atomic E-state index is 0.0454. The third-order valence-corrected chi connectivity index (χ3v) is 4.04. The first-order valence-electron chi connectivity index (χ1n) is 6.67. The van der Waals surface area contributed by atoms with Crippen molar-refractivity contribution in [3.63, 3.8) is 0 Å². The van der Waals surface area contributed by atoms with Gasteiger partial charge in [0.25, 0.3) is 5.91 Å². The van der Waals surface area contributed by atoms with Crippen LogP contribution in [-0.2, 0) is 6.54 Å². The fraction of sp³-hybridized carbons (Fsp3) is 0.125. The SMILES string of the molecule is CN1Cc2ccccc2-n2nc3ccc(Cl)cc3c2C1=O. The van der Waals surface area contributed by atoms with E-state index in [0.29, 0.717) is 17.3 Å². The van der Waals surface area contributed by atoms with E-state index < -0.39 is 0 Å². The molecule has 0 bridgehead atoms. The first-order chi connectivity index (χ1) is 10.1. The Kier molecular flexibility index (Phi) is 2.56. The molecule has 1 amide bonds. The Morgan fingerprint density at radius 2 is 2.00 bits per heavy atom. The lowest BCUT2D eigenvalue weighted by atomic mass is 10.2. The van der Waals surface area contributed by atoms with E-state index in [4.69, 9.17) is 11.6 Å². The highest BCUT2D eigenvalue weighted by atomic mass is 35.5. The van der Waals surface area contributed by atoms with Crippen LogP contribution in [0, 0.1) is 0 Å². The smallest absolute Gasteiger partial charge is 0.273 e. The molecule has 104 valence electrons. The van der Waals surface area contributed by atoms with Gasteiger partial charge in [-0.05, 0) is 29.8 Å². The van der Waals surface area contributed by atoms with Crippen molar-refractivity contribution in [2.75, 3.05) is 7.05 Å². The van der Waals surface area contributed by atoms with Crippen LogP contribution >= 0.6 is 11.6 Å². The van der Waals surface area contributed by atoms with Gasteiger partial charge < -0.3 is 4.90 Å². The number of amides is 1. The van der Waals surface area contributed by atoms with E-state index in [1.807, 2.05) is 30.3 Å². The van der Waals surface area contributed by atoms with Crippen molar-refractivity contribution in [2.24, 2.45) is 0 Å². The number of benzene rings is 2. The van der Waals surface area contributed by atoms with E-state index in [-0.39, 0.29) is 5.91 Å². The lowest BCUT2D eigenvalue weighted by Gasteiger charge is -2.13. The Bertz CT molecular complexity index is 884. The number of aromatic nitrogens is 2. The molecule has 0 radical (unpaired) electrons. The quantitative estimate of drug-likeness (QED) is 0.639. The Labute approximate surface area is 126 Å². The van der Waals surface area contributed by atoms with Crippen LogP contribution in [0.15, 0.2) is 42.5 Å². The summed E-state index contributed by atoms with van der Waals surface area (Å²) in [6.07, 6.45) is 0. The fourth-order valence-corrected chi connectivity index (χ4v) is 2.97. The average Bonchev–Trinajstić information content (AvgIpc) is 2.80. The summed E-state index contributed by atoms with van der Waals surface area (Å²) >= 11 is 6.08. The van der Waals surface area contributed by atoms with Crippen molar-refractivity contribution in [2.45, 2.75) is 6.54 Å². The van der Waals surface area contributed by atoms with Crippen LogP contribution in [-0.4, -0.2) is 27.6 Å². The maximum absolute atomic E-state index is 12.7. The van der Waals surface area contributed by atoms with Crippen molar-refractivity contribution in [3.05, 3.63) is 58.7 Å². The maximum Gasteiger partial charge on any atom is 0.273 e. The molecule has 0 N–H and O–H groups in total. The molecule has 1 aliphatic rings. The second kappa shape index (κ2) is 4.33. The van der Waals surface area contributed by atoms with Gasteiger partial charge >= 0.3 is 0 Å². The Balaban J connectivity index is 2.14. The van der Waals surface area contributed by atoms with Gasteiger partial charge in [0, 0.05) is 24.0 Å².